The third-order valence-corrected chi connectivity index (χ3v) is 4.34. The highest BCUT2D eigenvalue weighted by Crippen LogP contribution is 2.42. The summed E-state index contributed by atoms with van der Waals surface area (Å²) < 4.78 is 5.07. The normalized spacial score (nSPS) is 29.1. The van der Waals surface area contributed by atoms with Crippen LogP contribution < -0.4 is 5.32 Å². The first-order chi connectivity index (χ1) is 8.35. The van der Waals surface area contributed by atoms with E-state index in [4.69, 9.17) is 4.74 Å². The van der Waals surface area contributed by atoms with E-state index in [0.29, 0.717) is 5.92 Å². The highest BCUT2D eigenvalue weighted by molar-refractivity contribution is 5.77. The molecular formula is C15H29NO2. The van der Waals surface area contributed by atoms with Gasteiger partial charge in [-0.1, -0.05) is 40.5 Å². The van der Waals surface area contributed by atoms with Crippen molar-refractivity contribution in [3.05, 3.63) is 0 Å². The van der Waals surface area contributed by atoms with Gasteiger partial charge in [0.25, 0.3) is 0 Å². The second-order valence-electron chi connectivity index (χ2n) is 6.77. The predicted octanol–water partition coefficient (Wildman–Crippen LogP) is 2.99. The van der Waals surface area contributed by atoms with Crippen molar-refractivity contribution in [1.29, 1.82) is 0 Å². The van der Waals surface area contributed by atoms with E-state index in [-0.39, 0.29) is 16.8 Å². The quantitative estimate of drug-likeness (QED) is 0.785. The number of esters is 1. The van der Waals surface area contributed by atoms with Crippen LogP contribution >= 0.6 is 0 Å². The van der Waals surface area contributed by atoms with Crippen LogP contribution in [0.3, 0.4) is 0 Å². The van der Waals surface area contributed by atoms with Crippen LogP contribution in [0, 0.1) is 16.7 Å². The van der Waals surface area contributed by atoms with Crippen molar-refractivity contribution < 1.29 is 9.53 Å². The number of nitrogens with one attached hydrogen (secondary N) is 1. The highest BCUT2D eigenvalue weighted by Gasteiger charge is 2.45. The van der Waals surface area contributed by atoms with Crippen LogP contribution in [0.4, 0.5) is 0 Å². The molecule has 1 saturated heterocycles. The maximum atomic E-state index is 12.2. The van der Waals surface area contributed by atoms with Gasteiger partial charge in [0.2, 0.25) is 0 Å². The van der Waals surface area contributed by atoms with Crippen molar-refractivity contribution in [3.8, 4) is 0 Å². The van der Waals surface area contributed by atoms with E-state index in [0.717, 1.165) is 38.8 Å². The van der Waals surface area contributed by atoms with Gasteiger partial charge in [0.15, 0.2) is 0 Å². The maximum Gasteiger partial charge on any atom is 0.313 e. The third kappa shape index (κ3) is 3.47. The number of carbonyl (C=O) groups is 1. The molecule has 1 fully saturated rings. The van der Waals surface area contributed by atoms with E-state index in [2.05, 4.69) is 33.0 Å². The number of rotatable bonds is 4. The number of methoxy groups -OCH3 is 1. The Hall–Kier alpha value is -0.570. The Kier molecular flexibility index (Phi) is 5.20. The van der Waals surface area contributed by atoms with Crippen molar-refractivity contribution in [2.75, 3.05) is 20.2 Å². The number of carbonyl (C=O) groups excluding carboxylic acids is 1. The van der Waals surface area contributed by atoms with Gasteiger partial charge < -0.3 is 10.1 Å². The lowest BCUT2D eigenvalue weighted by Gasteiger charge is -2.44. The van der Waals surface area contributed by atoms with Crippen LogP contribution in [0.2, 0.25) is 0 Å². The average Bonchev–Trinajstić information content (AvgIpc) is 2.34. The zero-order chi connectivity index (χ0) is 13.8. The molecule has 3 nitrogen and oxygen atoms in total. The predicted molar refractivity (Wildman–Crippen MR) is 74.4 cm³/mol. The molecule has 0 unspecified atom stereocenters. The van der Waals surface area contributed by atoms with Crippen LogP contribution in [0.5, 0.6) is 0 Å². The first-order valence-corrected chi connectivity index (χ1v) is 7.15. The molecule has 1 heterocycles. The van der Waals surface area contributed by atoms with Gasteiger partial charge in [-0.25, -0.2) is 0 Å². The Morgan fingerprint density at radius 1 is 1.44 bits per heavy atom. The van der Waals surface area contributed by atoms with Gasteiger partial charge in [-0.2, -0.15) is 0 Å². The maximum absolute atomic E-state index is 12.2. The molecule has 0 saturated carbocycles. The van der Waals surface area contributed by atoms with Crippen LogP contribution in [0.15, 0.2) is 0 Å². The second kappa shape index (κ2) is 6.05. The number of hydrogen-bond acceptors (Lipinski definition) is 3. The zero-order valence-electron chi connectivity index (χ0n) is 12.6. The minimum absolute atomic E-state index is 0.0302. The van der Waals surface area contributed by atoms with Gasteiger partial charge in [-0.15, -0.1) is 0 Å². The summed E-state index contributed by atoms with van der Waals surface area (Å²) in [5.41, 5.74) is -0.0696. The summed E-state index contributed by atoms with van der Waals surface area (Å²) in [5, 5.41) is 3.46. The first kappa shape index (κ1) is 15.5. The molecule has 0 aromatic carbocycles. The van der Waals surface area contributed by atoms with Crippen LogP contribution in [0.25, 0.3) is 0 Å². The van der Waals surface area contributed by atoms with Crippen molar-refractivity contribution in [2.45, 2.75) is 53.4 Å². The van der Waals surface area contributed by atoms with E-state index in [9.17, 15) is 4.79 Å². The fourth-order valence-electron chi connectivity index (χ4n) is 2.89. The van der Waals surface area contributed by atoms with Crippen LogP contribution in [0.1, 0.15) is 53.4 Å². The molecule has 0 amide bonds. The van der Waals surface area contributed by atoms with Crippen molar-refractivity contribution >= 4 is 5.97 Å². The summed E-state index contributed by atoms with van der Waals surface area (Å²) in [5.74, 6) is 0.500. The standard InChI is InChI=1S/C15H29NO2/c1-6-7-8-15(13(17)18-5)9-12(10-16-11-15)14(2,3)4/h12,16H,6-11H2,1-5H3/t12-,15-/m1/s1. The summed E-state index contributed by atoms with van der Waals surface area (Å²) in [7, 11) is 1.51. The Bertz CT molecular complexity index is 283. The molecule has 0 spiro atoms. The van der Waals surface area contributed by atoms with Gasteiger partial charge in [0, 0.05) is 6.54 Å². The number of ether oxygens (including phenoxy) is 1. The van der Waals surface area contributed by atoms with Gasteiger partial charge in [-0.05, 0) is 30.7 Å². The molecule has 1 aliphatic rings. The minimum Gasteiger partial charge on any atom is -0.469 e. The van der Waals surface area contributed by atoms with Crippen molar-refractivity contribution in [3.63, 3.8) is 0 Å². The number of hydrogen-bond donors (Lipinski definition) is 1. The monoisotopic (exact) mass is 255 g/mol. The molecule has 0 bridgehead atoms. The molecule has 0 aliphatic carbocycles. The van der Waals surface area contributed by atoms with Crippen LogP contribution in [-0.2, 0) is 9.53 Å². The zero-order valence-corrected chi connectivity index (χ0v) is 12.6. The fourth-order valence-corrected chi connectivity index (χ4v) is 2.89. The van der Waals surface area contributed by atoms with E-state index in [1.165, 1.54) is 7.11 Å². The molecular weight excluding hydrogens is 226 g/mol. The second-order valence-corrected chi connectivity index (χ2v) is 6.77. The number of piperidine rings is 1. The van der Waals surface area contributed by atoms with Gasteiger partial charge in [0.1, 0.15) is 0 Å². The molecule has 1 N–H and O–H groups in total. The topological polar surface area (TPSA) is 38.3 Å². The van der Waals surface area contributed by atoms with Crippen molar-refractivity contribution in [2.24, 2.45) is 16.7 Å². The molecule has 2 atom stereocenters. The summed E-state index contributed by atoms with van der Waals surface area (Å²) in [6, 6.07) is 0. The van der Waals surface area contributed by atoms with Crippen molar-refractivity contribution in [1.82, 2.24) is 5.32 Å². The Morgan fingerprint density at radius 2 is 2.11 bits per heavy atom. The smallest absolute Gasteiger partial charge is 0.313 e. The average molecular weight is 255 g/mol. The highest BCUT2D eigenvalue weighted by atomic mass is 16.5. The molecule has 0 aromatic rings. The largest absolute Gasteiger partial charge is 0.469 e. The van der Waals surface area contributed by atoms with E-state index >= 15 is 0 Å². The minimum atomic E-state index is -0.305. The SMILES string of the molecule is CCCC[C@]1(C(=O)OC)CNC[C@H](C(C)(C)C)C1. The lowest BCUT2D eigenvalue weighted by Crippen LogP contribution is -2.52. The Morgan fingerprint density at radius 3 is 2.61 bits per heavy atom. The van der Waals surface area contributed by atoms with Gasteiger partial charge in [-0.3, -0.25) is 4.79 Å². The number of unbranched alkanes of at least 4 members (excludes halogenated alkanes) is 1. The summed E-state index contributed by atoms with van der Waals surface area (Å²) >= 11 is 0. The van der Waals surface area contributed by atoms with E-state index in [1.807, 2.05) is 0 Å². The molecule has 1 rings (SSSR count). The Balaban J connectivity index is 2.85. The lowest BCUT2D eigenvalue weighted by molar-refractivity contribution is -0.156. The van der Waals surface area contributed by atoms with Gasteiger partial charge in [0.05, 0.1) is 12.5 Å². The molecule has 18 heavy (non-hydrogen) atoms. The van der Waals surface area contributed by atoms with E-state index < -0.39 is 0 Å². The molecule has 0 aromatic heterocycles. The Labute approximate surface area is 112 Å². The summed E-state index contributed by atoms with van der Waals surface area (Å²) in [4.78, 5) is 12.2. The third-order valence-electron chi connectivity index (χ3n) is 4.34. The van der Waals surface area contributed by atoms with Crippen LogP contribution in [-0.4, -0.2) is 26.2 Å². The summed E-state index contributed by atoms with van der Waals surface area (Å²) in [6.45, 7) is 10.7. The first-order valence-electron chi connectivity index (χ1n) is 7.15. The van der Waals surface area contributed by atoms with Gasteiger partial charge >= 0.3 is 5.97 Å². The lowest BCUT2D eigenvalue weighted by atomic mass is 9.66. The molecule has 106 valence electrons. The molecule has 0 radical (unpaired) electrons. The summed E-state index contributed by atoms with van der Waals surface area (Å²) in [6.07, 6.45) is 4.11. The fraction of sp³-hybridized carbons (Fsp3) is 0.933. The molecule has 1 aliphatic heterocycles. The van der Waals surface area contributed by atoms with E-state index in [1.54, 1.807) is 0 Å². The molecule has 3 heteroatoms.